The molecule has 0 unspecified atom stereocenters. The van der Waals surface area contributed by atoms with Crippen LogP contribution < -0.4 is 5.32 Å². The predicted molar refractivity (Wildman–Crippen MR) is 79.4 cm³/mol. The van der Waals surface area contributed by atoms with Crippen molar-refractivity contribution in [3.05, 3.63) is 52.6 Å². The first-order valence-corrected chi connectivity index (χ1v) is 6.82. The zero-order valence-electron chi connectivity index (χ0n) is 11.6. The molecule has 19 heavy (non-hydrogen) atoms. The molecule has 0 saturated carbocycles. The van der Waals surface area contributed by atoms with Gasteiger partial charge in [-0.3, -0.25) is 0 Å². The molecule has 0 bridgehead atoms. The van der Waals surface area contributed by atoms with Gasteiger partial charge in [0.2, 0.25) is 0 Å². The lowest BCUT2D eigenvalue weighted by Crippen LogP contribution is -2.35. The number of halogens is 1. The number of hydrogen-bond donors (Lipinski definition) is 2. The maximum Gasteiger partial charge on any atom is 0.110 e. The largest absolute Gasteiger partial charge is 0.345 e. The highest BCUT2D eigenvalue weighted by Crippen LogP contribution is 2.12. The van der Waals surface area contributed by atoms with Crippen LogP contribution in [0.5, 0.6) is 0 Å². The Morgan fingerprint density at radius 1 is 1.21 bits per heavy atom. The number of nitrogens with zero attached hydrogens (tertiary/aromatic N) is 1. The van der Waals surface area contributed by atoms with Gasteiger partial charge >= 0.3 is 0 Å². The Hall–Kier alpha value is -1.32. The monoisotopic (exact) mass is 277 g/mol. The summed E-state index contributed by atoms with van der Waals surface area (Å²) in [6.07, 6.45) is 2.69. The van der Waals surface area contributed by atoms with Gasteiger partial charge in [0.1, 0.15) is 5.82 Å². The van der Waals surface area contributed by atoms with E-state index >= 15 is 0 Å². The van der Waals surface area contributed by atoms with E-state index in [2.05, 4.69) is 36.1 Å². The molecule has 0 amide bonds. The topological polar surface area (TPSA) is 40.7 Å². The fraction of sp³-hybridized carbons (Fsp3) is 0.400. The minimum atomic E-state index is 0.113. The van der Waals surface area contributed by atoms with Crippen LogP contribution in [0.15, 0.2) is 30.5 Å². The highest BCUT2D eigenvalue weighted by Gasteiger charge is 2.09. The lowest BCUT2D eigenvalue weighted by Gasteiger charge is -2.19. The lowest BCUT2D eigenvalue weighted by atomic mass is 10.1. The molecule has 0 aliphatic rings. The highest BCUT2D eigenvalue weighted by molar-refractivity contribution is 6.30. The quantitative estimate of drug-likeness (QED) is 0.897. The van der Waals surface area contributed by atoms with Gasteiger partial charge in [-0.05, 0) is 38.5 Å². The second-order valence-corrected chi connectivity index (χ2v) is 6.20. The Kier molecular flexibility index (Phi) is 4.27. The second-order valence-electron chi connectivity index (χ2n) is 5.76. The highest BCUT2D eigenvalue weighted by atomic mass is 35.5. The summed E-state index contributed by atoms with van der Waals surface area (Å²) in [6, 6.07) is 7.86. The number of hydrogen-bond acceptors (Lipinski definition) is 2. The molecule has 102 valence electrons. The van der Waals surface area contributed by atoms with Gasteiger partial charge in [-0.15, -0.1) is 0 Å². The smallest absolute Gasteiger partial charge is 0.110 e. The van der Waals surface area contributed by atoms with Gasteiger partial charge in [0.25, 0.3) is 0 Å². The number of imidazole rings is 1. The third kappa shape index (κ3) is 4.69. The average molecular weight is 278 g/mol. The molecule has 3 nitrogen and oxygen atoms in total. The molecule has 4 heteroatoms. The molecule has 0 spiro atoms. The third-order valence-corrected chi connectivity index (χ3v) is 3.03. The van der Waals surface area contributed by atoms with Crippen LogP contribution >= 0.6 is 11.6 Å². The van der Waals surface area contributed by atoms with Crippen LogP contribution in [0.3, 0.4) is 0 Å². The normalized spacial score (nSPS) is 11.8. The van der Waals surface area contributed by atoms with Crippen molar-refractivity contribution in [2.45, 2.75) is 39.3 Å². The van der Waals surface area contributed by atoms with Gasteiger partial charge in [0, 0.05) is 35.4 Å². The number of rotatable bonds is 4. The summed E-state index contributed by atoms with van der Waals surface area (Å²) in [4.78, 5) is 7.75. The van der Waals surface area contributed by atoms with Gasteiger partial charge < -0.3 is 10.3 Å². The molecule has 0 fully saturated rings. The predicted octanol–water partition coefficient (Wildman–Crippen LogP) is 3.54. The van der Waals surface area contributed by atoms with Gasteiger partial charge in [0.05, 0.1) is 0 Å². The number of aromatic nitrogens is 2. The van der Waals surface area contributed by atoms with E-state index in [1.165, 1.54) is 5.56 Å². The minimum Gasteiger partial charge on any atom is -0.345 e. The zero-order chi connectivity index (χ0) is 13.9. The van der Waals surface area contributed by atoms with Crippen molar-refractivity contribution in [1.29, 1.82) is 0 Å². The Morgan fingerprint density at radius 3 is 2.53 bits per heavy atom. The number of aromatic amines is 1. The fourth-order valence-electron chi connectivity index (χ4n) is 1.74. The Balaban J connectivity index is 1.95. The van der Waals surface area contributed by atoms with Crippen molar-refractivity contribution in [1.82, 2.24) is 15.3 Å². The number of H-pyrrole nitrogens is 1. The average Bonchev–Trinajstić information content (AvgIpc) is 2.77. The van der Waals surface area contributed by atoms with E-state index in [4.69, 9.17) is 11.6 Å². The standard InChI is InChI=1S/C15H20ClN3/c1-15(2,3)18-10-13-9-17-14(19-13)8-11-4-6-12(16)7-5-11/h4-7,9,18H,8,10H2,1-3H3,(H,17,19). The van der Waals surface area contributed by atoms with Gasteiger partial charge in [0.15, 0.2) is 0 Å². The first-order chi connectivity index (χ1) is 8.92. The molecule has 0 atom stereocenters. The molecule has 0 radical (unpaired) electrons. The molecule has 1 aromatic carbocycles. The molecule has 2 aromatic rings. The van der Waals surface area contributed by atoms with E-state index in [0.29, 0.717) is 0 Å². The van der Waals surface area contributed by atoms with Crippen LogP contribution in [-0.4, -0.2) is 15.5 Å². The molecular formula is C15H20ClN3. The molecule has 2 rings (SSSR count). The van der Waals surface area contributed by atoms with E-state index in [-0.39, 0.29) is 5.54 Å². The molecule has 0 aliphatic carbocycles. The van der Waals surface area contributed by atoms with Crippen molar-refractivity contribution < 1.29 is 0 Å². The van der Waals surface area contributed by atoms with E-state index in [1.54, 1.807) is 0 Å². The maximum absolute atomic E-state index is 5.87. The Morgan fingerprint density at radius 2 is 1.89 bits per heavy atom. The van der Waals surface area contributed by atoms with Crippen LogP contribution in [0.2, 0.25) is 5.02 Å². The molecule has 1 aromatic heterocycles. The SMILES string of the molecule is CC(C)(C)NCc1cnc(Cc2ccc(Cl)cc2)[nH]1. The molecule has 0 saturated heterocycles. The zero-order valence-corrected chi connectivity index (χ0v) is 12.4. The number of benzene rings is 1. The maximum atomic E-state index is 5.87. The first kappa shape index (κ1) is 14.1. The summed E-state index contributed by atoms with van der Waals surface area (Å²) in [5.74, 6) is 0.980. The van der Waals surface area contributed by atoms with Gasteiger partial charge in [-0.1, -0.05) is 23.7 Å². The molecule has 0 aliphatic heterocycles. The van der Waals surface area contributed by atoms with Crippen LogP contribution in [0.1, 0.15) is 37.9 Å². The summed E-state index contributed by atoms with van der Waals surface area (Å²) >= 11 is 5.87. The molecule has 1 heterocycles. The lowest BCUT2D eigenvalue weighted by molar-refractivity contribution is 0.421. The fourth-order valence-corrected chi connectivity index (χ4v) is 1.87. The van der Waals surface area contributed by atoms with Gasteiger partial charge in [-0.25, -0.2) is 4.98 Å². The van der Waals surface area contributed by atoms with Crippen molar-refractivity contribution in [2.24, 2.45) is 0 Å². The van der Waals surface area contributed by atoms with Crippen molar-refractivity contribution >= 4 is 11.6 Å². The van der Waals surface area contributed by atoms with E-state index < -0.39 is 0 Å². The summed E-state index contributed by atoms with van der Waals surface area (Å²) in [6.45, 7) is 7.26. The van der Waals surface area contributed by atoms with Crippen LogP contribution in [0.25, 0.3) is 0 Å². The summed E-state index contributed by atoms with van der Waals surface area (Å²) in [7, 11) is 0. The van der Waals surface area contributed by atoms with E-state index in [0.717, 1.165) is 29.5 Å². The first-order valence-electron chi connectivity index (χ1n) is 6.45. The minimum absolute atomic E-state index is 0.113. The number of nitrogens with one attached hydrogen (secondary N) is 2. The van der Waals surface area contributed by atoms with E-state index in [9.17, 15) is 0 Å². The van der Waals surface area contributed by atoms with Crippen molar-refractivity contribution in [2.75, 3.05) is 0 Å². The summed E-state index contributed by atoms with van der Waals surface area (Å²) < 4.78 is 0. The van der Waals surface area contributed by atoms with Crippen molar-refractivity contribution in [3.8, 4) is 0 Å². The summed E-state index contributed by atoms with van der Waals surface area (Å²) in [5.41, 5.74) is 2.43. The third-order valence-electron chi connectivity index (χ3n) is 2.78. The Labute approximate surface area is 119 Å². The molecule has 2 N–H and O–H groups in total. The second kappa shape index (κ2) is 5.76. The molecular weight excluding hydrogens is 258 g/mol. The Bertz CT molecular complexity index is 523. The van der Waals surface area contributed by atoms with Crippen LogP contribution in [0, 0.1) is 0 Å². The van der Waals surface area contributed by atoms with Gasteiger partial charge in [-0.2, -0.15) is 0 Å². The summed E-state index contributed by atoms with van der Waals surface area (Å²) in [5, 5.41) is 4.20. The van der Waals surface area contributed by atoms with Crippen LogP contribution in [0.4, 0.5) is 0 Å². The van der Waals surface area contributed by atoms with Crippen molar-refractivity contribution in [3.63, 3.8) is 0 Å². The van der Waals surface area contributed by atoms with Crippen LogP contribution in [-0.2, 0) is 13.0 Å². The van der Waals surface area contributed by atoms with E-state index in [1.807, 2.05) is 30.5 Å².